The van der Waals surface area contributed by atoms with Crippen LogP contribution in [0.25, 0.3) is 16.7 Å². The van der Waals surface area contributed by atoms with Gasteiger partial charge < -0.3 is 25.1 Å². The van der Waals surface area contributed by atoms with Gasteiger partial charge in [-0.15, -0.1) is 0 Å². The predicted octanol–water partition coefficient (Wildman–Crippen LogP) is 3.03. The van der Waals surface area contributed by atoms with Gasteiger partial charge in [-0.2, -0.15) is 13.2 Å². The lowest BCUT2D eigenvalue weighted by molar-refractivity contribution is -0.141. The maximum Gasteiger partial charge on any atom is 0.433 e. The molecule has 0 radical (unpaired) electrons. The lowest BCUT2D eigenvalue weighted by Gasteiger charge is -2.15. The van der Waals surface area contributed by atoms with Gasteiger partial charge in [-0.25, -0.2) is 19.9 Å². The van der Waals surface area contributed by atoms with Gasteiger partial charge in [0.05, 0.1) is 38.1 Å². The molecule has 3 N–H and O–H groups in total. The van der Waals surface area contributed by atoms with Crippen LogP contribution < -0.4 is 15.8 Å². The summed E-state index contributed by atoms with van der Waals surface area (Å²) in [5, 5.41) is 2.63. The minimum absolute atomic E-state index is 0.252. The molecule has 10 nitrogen and oxygen atoms in total. The number of nitrogens with zero attached hydrogens (tertiary/aromatic N) is 5. The van der Waals surface area contributed by atoms with E-state index >= 15 is 0 Å². The van der Waals surface area contributed by atoms with Crippen LogP contribution in [-0.2, 0) is 35.3 Å². The van der Waals surface area contributed by atoms with Crippen LogP contribution in [0.15, 0.2) is 36.8 Å². The summed E-state index contributed by atoms with van der Waals surface area (Å²) in [6.07, 6.45) is -2.72. The molecule has 0 fully saturated rings. The first-order valence-electron chi connectivity index (χ1n) is 10.3. The number of ether oxygens (including phenoxy) is 2. The van der Waals surface area contributed by atoms with E-state index in [4.69, 9.17) is 15.2 Å². The molecule has 13 heteroatoms. The fourth-order valence-electron chi connectivity index (χ4n) is 3.98. The van der Waals surface area contributed by atoms with E-state index < -0.39 is 24.2 Å². The number of amides is 1. The number of aromatic nitrogens is 5. The lowest BCUT2D eigenvalue weighted by Crippen LogP contribution is -2.18. The number of methoxy groups -OCH3 is 1. The van der Waals surface area contributed by atoms with Gasteiger partial charge in [-0.05, 0) is 18.2 Å². The summed E-state index contributed by atoms with van der Waals surface area (Å²) in [5.74, 6) is -0.223. The van der Waals surface area contributed by atoms with Gasteiger partial charge in [0.15, 0.2) is 5.82 Å². The second-order valence-electron chi connectivity index (χ2n) is 7.67. The standard InChI is InChI=1S/C22H18F3N7O3/c1-34-15-6-11(32-14-9-35-8-12(14)19-20(32)21(26)29-10-28-19)2-3-13(15)30-18(33)7-17-27-5-4-16(31-17)22(23,24)25/h2-6,10H,7-9H2,1H3,(H,30,33)(H2,26,28,29). The van der Waals surface area contributed by atoms with E-state index in [1.807, 2.05) is 4.57 Å². The Kier molecular flexibility index (Phi) is 5.47. The second kappa shape index (κ2) is 8.51. The van der Waals surface area contributed by atoms with Crippen molar-refractivity contribution in [2.75, 3.05) is 18.2 Å². The van der Waals surface area contributed by atoms with E-state index in [0.717, 1.165) is 23.5 Å². The fraction of sp³-hybridized carbons (Fsp3) is 0.227. The van der Waals surface area contributed by atoms with E-state index in [9.17, 15) is 18.0 Å². The SMILES string of the molecule is COc1cc(-n2c3c(c4ncnc(N)c42)COC3)ccc1NC(=O)Cc1nccc(C(F)(F)F)n1. The number of alkyl halides is 3. The number of nitrogens with two attached hydrogens (primary N) is 1. The van der Waals surface area contributed by atoms with E-state index in [-0.39, 0.29) is 5.82 Å². The molecule has 1 amide bonds. The van der Waals surface area contributed by atoms with Crippen molar-refractivity contribution < 1.29 is 27.4 Å². The van der Waals surface area contributed by atoms with Crippen molar-refractivity contribution >= 4 is 28.4 Å². The molecule has 0 atom stereocenters. The Morgan fingerprint density at radius 2 is 2.06 bits per heavy atom. The molecular formula is C22H18F3N7O3. The Morgan fingerprint density at radius 1 is 1.23 bits per heavy atom. The molecule has 1 aromatic carbocycles. The number of carbonyl (C=O) groups excluding carboxylic acids is 1. The van der Waals surface area contributed by atoms with Crippen LogP contribution in [0.5, 0.6) is 5.75 Å². The molecule has 1 aliphatic heterocycles. The molecule has 0 spiro atoms. The summed E-state index contributed by atoms with van der Waals surface area (Å²) in [7, 11) is 1.43. The van der Waals surface area contributed by atoms with Gasteiger partial charge >= 0.3 is 6.18 Å². The topological polar surface area (TPSA) is 130 Å². The average molecular weight is 485 g/mol. The molecule has 1 aliphatic rings. The van der Waals surface area contributed by atoms with E-state index in [1.165, 1.54) is 13.4 Å². The number of nitrogens with one attached hydrogen (secondary N) is 1. The number of halogens is 3. The summed E-state index contributed by atoms with van der Waals surface area (Å²) in [6, 6.07) is 5.80. The largest absolute Gasteiger partial charge is 0.494 e. The minimum atomic E-state index is -4.63. The summed E-state index contributed by atoms with van der Waals surface area (Å²) in [6.45, 7) is 0.765. The molecule has 0 bridgehead atoms. The minimum Gasteiger partial charge on any atom is -0.494 e. The van der Waals surface area contributed by atoms with Gasteiger partial charge in [-0.3, -0.25) is 4.79 Å². The van der Waals surface area contributed by atoms with Crippen molar-refractivity contribution in [2.24, 2.45) is 0 Å². The number of benzene rings is 1. The Labute approximate surface area is 195 Å². The molecule has 0 saturated heterocycles. The van der Waals surface area contributed by atoms with Gasteiger partial charge in [0, 0.05) is 23.5 Å². The molecule has 180 valence electrons. The first-order valence-corrected chi connectivity index (χ1v) is 10.3. The first kappa shape index (κ1) is 22.5. The smallest absolute Gasteiger partial charge is 0.433 e. The van der Waals surface area contributed by atoms with Crippen LogP contribution in [0, 0.1) is 0 Å². The fourth-order valence-corrected chi connectivity index (χ4v) is 3.98. The quantitative estimate of drug-likeness (QED) is 0.441. The number of hydrogen-bond donors (Lipinski definition) is 2. The molecule has 0 aliphatic carbocycles. The van der Waals surface area contributed by atoms with Gasteiger partial charge in [-0.1, -0.05) is 0 Å². The van der Waals surface area contributed by atoms with E-state index in [2.05, 4.69) is 25.3 Å². The molecule has 35 heavy (non-hydrogen) atoms. The molecule has 3 aromatic heterocycles. The Morgan fingerprint density at radius 3 is 2.83 bits per heavy atom. The van der Waals surface area contributed by atoms with E-state index in [0.29, 0.717) is 47.2 Å². The third kappa shape index (κ3) is 4.10. The van der Waals surface area contributed by atoms with Crippen molar-refractivity contribution in [1.29, 1.82) is 0 Å². The van der Waals surface area contributed by atoms with Gasteiger partial charge in [0.25, 0.3) is 0 Å². The van der Waals surface area contributed by atoms with Crippen molar-refractivity contribution in [3.05, 3.63) is 59.6 Å². The summed E-state index contributed by atoms with van der Waals surface area (Å²) in [4.78, 5) is 28.1. The number of carbonyl (C=O) groups is 1. The van der Waals surface area contributed by atoms with Crippen molar-refractivity contribution in [2.45, 2.75) is 25.8 Å². The monoisotopic (exact) mass is 485 g/mol. The highest BCUT2D eigenvalue weighted by atomic mass is 19.4. The van der Waals surface area contributed by atoms with Crippen LogP contribution in [0.4, 0.5) is 24.7 Å². The van der Waals surface area contributed by atoms with Crippen molar-refractivity contribution in [3.63, 3.8) is 0 Å². The second-order valence-corrected chi connectivity index (χ2v) is 7.67. The van der Waals surface area contributed by atoms with Crippen LogP contribution in [0.3, 0.4) is 0 Å². The Hall–Kier alpha value is -4.26. The van der Waals surface area contributed by atoms with Crippen LogP contribution in [0.1, 0.15) is 22.8 Å². The van der Waals surface area contributed by atoms with Gasteiger partial charge in [0.1, 0.15) is 34.6 Å². The summed E-state index contributed by atoms with van der Waals surface area (Å²) >= 11 is 0. The lowest BCUT2D eigenvalue weighted by atomic mass is 10.2. The number of nitrogen functional groups attached to an aromatic ring is 1. The number of fused-ring (bicyclic) bond motifs is 3. The summed E-state index contributed by atoms with van der Waals surface area (Å²) in [5.41, 5.74) is 9.18. The zero-order valence-electron chi connectivity index (χ0n) is 18.3. The number of anilines is 2. The molecule has 0 saturated carbocycles. The third-order valence-electron chi connectivity index (χ3n) is 5.50. The molecular weight excluding hydrogens is 467 g/mol. The molecule has 4 aromatic rings. The van der Waals surface area contributed by atoms with Crippen molar-refractivity contribution in [1.82, 2.24) is 24.5 Å². The normalized spacial score (nSPS) is 13.1. The highest BCUT2D eigenvalue weighted by Crippen LogP contribution is 2.37. The van der Waals surface area contributed by atoms with Crippen LogP contribution in [-0.4, -0.2) is 37.5 Å². The molecule has 4 heterocycles. The van der Waals surface area contributed by atoms with Gasteiger partial charge in [0.2, 0.25) is 5.91 Å². The molecule has 0 unspecified atom stereocenters. The van der Waals surface area contributed by atoms with Crippen LogP contribution in [0.2, 0.25) is 0 Å². The highest BCUT2D eigenvalue weighted by Gasteiger charge is 2.33. The zero-order valence-corrected chi connectivity index (χ0v) is 18.3. The summed E-state index contributed by atoms with van der Waals surface area (Å²) < 4.78 is 51.6. The Balaban J connectivity index is 1.44. The predicted molar refractivity (Wildman–Crippen MR) is 118 cm³/mol. The number of hydrogen-bond acceptors (Lipinski definition) is 8. The first-order chi connectivity index (χ1) is 16.8. The third-order valence-corrected chi connectivity index (χ3v) is 5.50. The highest BCUT2D eigenvalue weighted by molar-refractivity contribution is 5.94. The van der Waals surface area contributed by atoms with Crippen molar-refractivity contribution in [3.8, 4) is 11.4 Å². The van der Waals surface area contributed by atoms with E-state index in [1.54, 1.807) is 18.2 Å². The molecule has 5 rings (SSSR count). The maximum atomic E-state index is 12.9. The maximum absolute atomic E-state index is 12.9. The van der Waals surface area contributed by atoms with Crippen LogP contribution >= 0.6 is 0 Å². The Bertz CT molecular complexity index is 1450. The number of rotatable bonds is 5. The average Bonchev–Trinajstić information content (AvgIpc) is 3.41. The zero-order chi connectivity index (χ0) is 24.7.